The predicted octanol–water partition coefficient (Wildman–Crippen LogP) is 4.90. The SMILES string of the molecule is CC(C)(C)c1nc(C(C)(C)NC(=O)CSc2nnc(-c3ccccc3F)n2-c2ccccc2)no1. The zero-order valence-corrected chi connectivity index (χ0v) is 21.1. The average molecular weight is 495 g/mol. The van der Waals surface area contributed by atoms with Crippen LogP contribution in [0.1, 0.15) is 46.3 Å². The molecule has 0 spiro atoms. The molecular formula is C25H27FN6O2S. The van der Waals surface area contributed by atoms with Gasteiger partial charge < -0.3 is 9.84 Å². The number of para-hydroxylation sites is 1. The lowest BCUT2D eigenvalue weighted by molar-refractivity contribution is -0.120. The summed E-state index contributed by atoms with van der Waals surface area (Å²) in [6, 6.07) is 15.8. The Hall–Kier alpha value is -3.53. The second-order valence-electron chi connectivity index (χ2n) is 9.59. The van der Waals surface area contributed by atoms with E-state index < -0.39 is 11.4 Å². The summed E-state index contributed by atoms with van der Waals surface area (Å²) in [5.41, 5.74) is -0.0390. The molecule has 1 amide bonds. The number of thioether (sulfide) groups is 1. The molecule has 0 radical (unpaired) electrons. The Labute approximate surface area is 207 Å². The van der Waals surface area contributed by atoms with Crippen molar-refractivity contribution in [2.24, 2.45) is 0 Å². The number of hydrogen-bond acceptors (Lipinski definition) is 7. The van der Waals surface area contributed by atoms with Crippen molar-refractivity contribution in [3.8, 4) is 17.1 Å². The summed E-state index contributed by atoms with van der Waals surface area (Å²) in [5, 5.41) is 16.0. The van der Waals surface area contributed by atoms with Crippen LogP contribution in [-0.4, -0.2) is 36.6 Å². The van der Waals surface area contributed by atoms with Crippen LogP contribution < -0.4 is 5.32 Å². The number of carbonyl (C=O) groups excluding carboxylic acids is 1. The summed E-state index contributed by atoms with van der Waals surface area (Å²) in [6.45, 7) is 9.56. The van der Waals surface area contributed by atoms with Crippen molar-refractivity contribution in [1.29, 1.82) is 0 Å². The number of carbonyl (C=O) groups is 1. The number of aromatic nitrogens is 5. The van der Waals surface area contributed by atoms with Crippen LogP contribution >= 0.6 is 11.8 Å². The van der Waals surface area contributed by atoms with Gasteiger partial charge >= 0.3 is 0 Å². The second kappa shape index (κ2) is 9.61. The van der Waals surface area contributed by atoms with Crippen LogP contribution in [0, 0.1) is 5.82 Å². The minimum absolute atomic E-state index is 0.0651. The lowest BCUT2D eigenvalue weighted by atomic mass is 9.97. The molecule has 2 heterocycles. The van der Waals surface area contributed by atoms with Gasteiger partial charge in [-0.15, -0.1) is 10.2 Å². The fourth-order valence-electron chi connectivity index (χ4n) is 3.34. The molecule has 0 saturated carbocycles. The third kappa shape index (κ3) is 5.43. The molecule has 1 N–H and O–H groups in total. The highest BCUT2D eigenvalue weighted by molar-refractivity contribution is 7.99. The van der Waals surface area contributed by atoms with E-state index in [9.17, 15) is 9.18 Å². The summed E-state index contributed by atoms with van der Waals surface area (Å²) in [7, 11) is 0. The van der Waals surface area contributed by atoms with Crippen LogP contribution in [0.25, 0.3) is 17.1 Å². The Morgan fingerprint density at radius 1 is 1.03 bits per heavy atom. The molecule has 0 unspecified atom stereocenters. The summed E-state index contributed by atoms with van der Waals surface area (Å²) in [5.74, 6) is 0.685. The highest BCUT2D eigenvalue weighted by Gasteiger charge is 2.31. The predicted molar refractivity (Wildman–Crippen MR) is 132 cm³/mol. The minimum Gasteiger partial charge on any atom is -0.343 e. The van der Waals surface area contributed by atoms with Crippen LogP contribution in [0.5, 0.6) is 0 Å². The zero-order valence-electron chi connectivity index (χ0n) is 20.2. The van der Waals surface area contributed by atoms with E-state index in [0.717, 1.165) is 5.69 Å². The van der Waals surface area contributed by atoms with Crippen molar-refractivity contribution < 1.29 is 13.7 Å². The molecule has 0 aliphatic rings. The van der Waals surface area contributed by atoms with Crippen LogP contribution in [0.4, 0.5) is 4.39 Å². The van der Waals surface area contributed by atoms with Crippen LogP contribution in [0.3, 0.4) is 0 Å². The number of nitrogens with zero attached hydrogens (tertiary/aromatic N) is 5. The summed E-state index contributed by atoms with van der Waals surface area (Å²) < 4.78 is 21.7. The molecule has 0 fully saturated rings. The molecule has 0 aliphatic heterocycles. The van der Waals surface area contributed by atoms with E-state index >= 15 is 0 Å². The van der Waals surface area contributed by atoms with Gasteiger partial charge in [-0.3, -0.25) is 9.36 Å². The van der Waals surface area contributed by atoms with Gasteiger partial charge in [0.15, 0.2) is 16.8 Å². The number of amides is 1. The Morgan fingerprint density at radius 3 is 2.37 bits per heavy atom. The molecule has 182 valence electrons. The smallest absolute Gasteiger partial charge is 0.232 e. The standard InChI is InChI=1S/C25H27FN6O2S/c1-24(2,3)22-27-21(31-34-22)25(4,5)28-19(33)15-35-23-30-29-20(17-13-9-10-14-18(17)26)32(23)16-11-7-6-8-12-16/h6-14H,15H2,1-5H3,(H,28,33). The van der Waals surface area contributed by atoms with Gasteiger partial charge in [-0.1, -0.05) is 68.0 Å². The van der Waals surface area contributed by atoms with Crippen LogP contribution in [-0.2, 0) is 15.7 Å². The van der Waals surface area contributed by atoms with E-state index in [1.807, 2.05) is 65.0 Å². The third-order valence-electron chi connectivity index (χ3n) is 5.17. The normalized spacial score (nSPS) is 12.1. The lowest BCUT2D eigenvalue weighted by Crippen LogP contribution is -2.42. The molecule has 35 heavy (non-hydrogen) atoms. The van der Waals surface area contributed by atoms with E-state index in [0.29, 0.717) is 28.3 Å². The molecule has 0 bridgehead atoms. The van der Waals surface area contributed by atoms with Gasteiger partial charge in [-0.2, -0.15) is 4.98 Å². The van der Waals surface area contributed by atoms with Gasteiger partial charge in [0.1, 0.15) is 5.82 Å². The third-order valence-corrected chi connectivity index (χ3v) is 6.10. The van der Waals surface area contributed by atoms with Gasteiger partial charge in [0.2, 0.25) is 11.8 Å². The van der Waals surface area contributed by atoms with Gasteiger partial charge in [0.25, 0.3) is 0 Å². The topological polar surface area (TPSA) is 98.7 Å². The molecule has 0 aliphatic carbocycles. The van der Waals surface area contributed by atoms with Crippen molar-refractivity contribution in [3.05, 3.63) is 72.1 Å². The first-order chi connectivity index (χ1) is 16.6. The van der Waals surface area contributed by atoms with Gasteiger partial charge in [0.05, 0.1) is 16.9 Å². The fourth-order valence-corrected chi connectivity index (χ4v) is 4.09. The Bertz CT molecular complexity index is 1330. The molecule has 4 rings (SSSR count). The van der Waals surface area contributed by atoms with Gasteiger partial charge in [-0.25, -0.2) is 4.39 Å². The van der Waals surface area contributed by atoms with Gasteiger partial charge in [0, 0.05) is 11.1 Å². The van der Waals surface area contributed by atoms with Gasteiger partial charge in [-0.05, 0) is 38.1 Å². The molecule has 4 aromatic rings. The Kier molecular flexibility index (Phi) is 6.75. The molecule has 8 nitrogen and oxygen atoms in total. The highest BCUT2D eigenvalue weighted by atomic mass is 32.2. The lowest BCUT2D eigenvalue weighted by Gasteiger charge is -2.22. The van der Waals surface area contributed by atoms with Crippen LogP contribution in [0.15, 0.2) is 64.3 Å². The molecule has 10 heteroatoms. The van der Waals surface area contributed by atoms with Crippen molar-refractivity contribution >= 4 is 17.7 Å². The molecular weight excluding hydrogens is 467 g/mol. The van der Waals surface area contributed by atoms with E-state index in [1.165, 1.54) is 17.8 Å². The van der Waals surface area contributed by atoms with Crippen molar-refractivity contribution in [3.63, 3.8) is 0 Å². The first kappa shape index (κ1) is 24.6. The summed E-state index contributed by atoms with van der Waals surface area (Å²) in [6.07, 6.45) is 0. The minimum atomic E-state index is -0.837. The maximum atomic E-state index is 14.5. The Balaban J connectivity index is 1.54. The number of benzene rings is 2. The van der Waals surface area contributed by atoms with Crippen molar-refractivity contribution in [2.75, 3.05) is 5.75 Å². The maximum absolute atomic E-state index is 14.5. The highest BCUT2D eigenvalue weighted by Crippen LogP contribution is 2.30. The summed E-state index contributed by atoms with van der Waals surface area (Å²) >= 11 is 1.21. The van der Waals surface area contributed by atoms with Crippen LogP contribution in [0.2, 0.25) is 0 Å². The zero-order chi connectivity index (χ0) is 25.2. The fraction of sp³-hybridized carbons (Fsp3) is 0.320. The molecule has 2 aromatic carbocycles. The Morgan fingerprint density at radius 2 is 1.71 bits per heavy atom. The van der Waals surface area contributed by atoms with Crippen molar-refractivity contribution in [1.82, 2.24) is 30.2 Å². The van der Waals surface area contributed by atoms with E-state index in [2.05, 4.69) is 25.7 Å². The quantitative estimate of drug-likeness (QED) is 0.365. The van der Waals surface area contributed by atoms with E-state index in [-0.39, 0.29) is 17.1 Å². The average Bonchev–Trinajstić information content (AvgIpc) is 3.47. The second-order valence-corrected chi connectivity index (χ2v) is 10.5. The molecule has 0 saturated heterocycles. The number of halogens is 1. The summed E-state index contributed by atoms with van der Waals surface area (Å²) in [4.78, 5) is 17.3. The molecule has 0 atom stereocenters. The van der Waals surface area contributed by atoms with E-state index in [4.69, 9.17) is 4.52 Å². The first-order valence-electron chi connectivity index (χ1n) is 11.1. The number of hydrogen-bond donors (Lipinski definition) is 1. The van der Waals surface area contributed by atoms with Crippen molar-refractivity contribution in [2.45, 2.75) is 50.7 Å². The molecule has 2 aromatic heterocycles. The monoisotopic (exact) mass is 494 g/mol. The van der Waals surface area contributed by atoms with E-state index in [1.54, 1.807) is 22.8 Å². The maximum Gasteiger partial charge on any atom is 0.232 e. The number of rotatable bonds is 7. The number of nitrogens with one attached hydrogen (secondary N) is 1. The first-order valence-corrected chi connectivity index (χ1v) is 12.1. The largest absolute Gasteiger partial charge is 0.343 e.